The van der Waals surface area contributed by atoms with E-state index in [2.05, 4.69) is 28.8 Å². The predicted octanol–water partition coefficient (Wildman–Crippen LogP) is 1.95. The number of hydrogen-bond acceptors (Lipinski definition) is 3. The number of amides is 1. The molecule has 0 bridgehead atoms. The summed E-state index contributed by atoms with van der Waals surface area (Å²) in [5.41, 5.74) is 0. The highest BCUT2D eigenvalue weighted by atomic mass is 16.2. The lowest BCUT2D eigenvalue weighted by molar-refractivity contribution is -0.136. The van der Waals surface area contributed by atoms with Gasteiger partial charge in [0.2, 0.25) is 5.91 Å². The van der Waals surface area contributed by atoms with E-state index in [-0.39, 0.29) is 11.8 Å². The van der Waals surface area contributed by atoms with Crippen LogP contribution in [-0.2, 0) is 11.3 Å². The number of rotatable bonds is 7. The maximum absolute atomic E-state index is 12.5. The Balaban J connectivity index is 1.90. The van der Waals surface area contributed by atoms with E-state index in [1.165, 1.54) is 19.2 Å². The van der Waals surface area contributed by atoms with Crippen LogP contribution in [0.15, 0.2) is 12.7 Å². The van der Waals surface area contributed by atoms with Crippen LogP contribution in [0.4, 0.5) is 0 Å². The minimum atomic E-state index is -0.0329. The van der Waals surface area contributed by atoms with E-state index < -0.39 is 0 Å². The fraction of sp³-hybridized carbons (Fsp3) is 0.786. The summed E-state index contributed by atoms with van der Waals surface area (Å²) in [4.78, 5) is 18.5. The number of aromatic nitrogens is 3. The van der Waals surface area contributed by atoms with E-state index in [4.69, 9.17) is 0 Å². The zero-order chi connectivity index (χ0) is 13.8. The van der Waals surface area contributed by atoms with Gasteiger partial charge in [-0.2, -0.15) is 5.10 Å². The molecule has 1 fully saturated rings. The van der Waals surface area contributed by atoms with Crippen LogP contribution in [0.2, 0.25) is 0 Å². The van der Waals surface area contributed by atoms with Gasteiger partial charge in [0.05, 0.1) is 12.5 Å². The Bertz CT molecular complexity index is 398. The van der Waals surface area contributed by atoms with Crippen molar-refractivity contribution in [2.75, 3.05) is 6.54 Å². The highest BCUT2D eigenvalue weighted by molar-refractivity contribution is 5.79. The first-order chi connectivity index (χ1) is 9.08. The molecule has 19 heavy (non-hydrogen) atoms. The van der Waals surface area contributed by atoms with Crippen molar-refractivity contribution in [3.8, 4) is 0 Å². The van der Waals surface area contributed by atoms with Gasteiger partial charge in [0.15, 0.2) is 0 Å². The minimum Gasteiger partial charge on any atom is -0.339 e. The maximum Gasteiger partial charge on any atom is 0.227 e. The molecule has 0 spiro atoms. The average molecular weight is 264 g/mol. The Labute approximate surface area is 115 Å². The van der Waals surface area contributed by atoms with Gasteiger partial charge in [0, 0.05) is 12.6 Å². The van der Waals surface area contributed by atoms with E-state index in [0.717, 1.165) is 13.0 Å². The second-order valence-electron chi connectivity index (χ2n) is 5.96. The monoisotopic (exact) mass is 264 g/mol. The minimum absolute atomic E-state index is 0.0329. The summed E-state index contributed by atoms with van der Waals surface area (Å²) in [5.74, 6) is 0.868. The molecule has 1 amide bonds. The van der Waals surface area contributed by atoms with Gasteiger partial charge < -0.3 is 4.90 Å². The quantitative estimate of drug-likeness (QED) is 0.756. The first-order valence-corrected chi connectivity index (χ1v) is 7.20. The molecular weight excluding hydrogens is 240 g/mol. The van der Waals surface area contributed by atoms with Crippen molar-refractivity contribution in [2.24, 2.45) is 11.8 Å². The van der Waals surface area contributed by atoms with Gasteiger partial charge in [-0.1, -0.05) is 20.8 Å². The summed E-state index contributed by atoms with van der Waals surface area (Å²) in [5, 5.41) is 4.07. The summed E-state index contributed by atoms with van der Waals surface area (Å²) in [6.45, 7) is 7.89. The van der Waals surface area contributed by atoms with E-state index in [1.54, 1.807) is 11.0 Å². The van der Waals surface area contributed by atoms with Gasteiger partial charge in [-0.05, 0) is 25.2 Å². The van der Waals surface area contributed by atoms with Crippen molar-refractivity contribution in [3.05, 3.63) is 12.7 Å². The topological polar surface area (TPSA) is 51.0 Å². The zero-order valence-electron chi connectivity index (χ0n) is 12.1. The zero-order valence-corrected chi connectivity index (χ0v) is 12.1. The third-order valence-electron chi connectivity index (χ3n) is 3.57. The molecule has 5 heteroatoms. The number of nitrogens with zero attached hydrogens (tertiary/aromatic N) is 4. The SMILES string of the molecule is CC(C)CCN(C(=O)[C@@H](C)Cn1cncn1)C1CC1. The number of carbonyl (C=O) groups excluding carboxylic acids is 1. The van der Waals surface area contributed by atoms with E-state index >= 15 is 0 Å². The van der Waals surface area contributed by atoms with Crippen molar-refractivity contribution in [1.82, 2.24) is 19.7 Å². The van der Waals surface area contributed by atoms with Crippen LogP contribution >= 0.6 is 0 Å². The van der Waals surface area contributed by atoms with E-state index in [9.17, 15) is 4.79 Å². The summed E-state index contributed by atoms with van der Waals surface area (Å²) in [6.07, 6.45) is 6.59. The van der Waals surface area contributed by atoms with E-state index in [1.807, 2.05) is 6.92 Å². The molecule has 0 radical (unpaired) electrons. The summed E-state index contributed by atoms with van der Waals surface area (Å²) >= 11 is 0. The van der Waals surface area contributed by atoms with E-state index in [0.29, 0.717) is 18.5 Å². The second kappa shape index (κ2) is 6.17. The fourth-order valence-corrected chi connectivity index (χ4v) is 2.22. The van der Waals surface area contributed by atoms with Crippen LogP contribution in [0.1, 0.15) is 40.0 Å². The van der Waals surface area contributed by atoms with Crippen molar-refractivity contribution in [1.29, 1.82) is 0 Å². The Kier molecular flexibility index (Phi) is 4.56. The van der Waals surface area contributed by atoms with Gasteiger partial charge in [0.1, 0.15) is 12.7 Å². The normalized spacial score (nSPS) is 16.6. The third kappa shape index (κ3) is 4.04. The molecule has 0 aliphatic heterocycles. The van der Waals surface area contributed by atoms with Crippen LogP contribution in [0.5, 0.6) is 0 Å². The molecule has 1 saturated carbocycles. The Morgan fingerprint density at radius 2 is 2.16 bits per heavy atom. The summed E-state index contributed by atoms with van der Waals surface area (Å²) < 4.78 is 1.73. The highest BCUT2D eigenvalue weighted by Gasteiger charge is 2.34. The molecule has 0 aromatic carbocycles. The van der Waals surface area contributed by atoms with Gasteiger partial charge in [0.25, 0.3) is 0 Å². The van der Waals surface area contributed by atoms with Crippen LogP contribution in [0, 0.1) is 11.8 Å². The van der Waals surface area contributed by atoms with Crippen molar-refractivity contribution >= 4 is 5.91 Å². The third-order valence-corrected chi connectivity index (χ3v) is 3.57. The molecule has 106 valence electrons. The second-order valence-corrected chi connectivity index (χ2v) is 5.96. The Morgan fingerprint density at radius 1 is 1.42 bits per heavy atom. The molecule has 1 heterocycles. The lowest BCUT2D eigenvalue weighted by Crippen LogP contribution is -2.39. The average Bonchev–Trinajstić information content (AvgIpc) is 3.06. The predicted molar refractivity (Wildman–Crippen MR) is 73.4 cm³/mol. The largest absolute Gasteiger partial charge is 0.339 e. The molecule has 0 saturated heterocycles. The summed E-state index contributed by atoms with van der Waals surface area (Å²) in [7, 11) is 0. The first-order valence-electron chi connectivity index (χ1n) is 7.20. The molecule has 1 aromatic heterocycles. The number of hydrogen-bond donors (Lipinski definition) is 0. The van der Waals surface area contributed by atoms with Crippen molar-refractivity contribution in [3.63, 3.8) is 0 Å². The molecule has 5 nitrogen and oxygen atoms in total. The van der Waals surface area contributed by atoms with Crippen molar-refractivity contribution in [2.45, 2.75) is 52.6 Å². The molecule has 1 aromatic rings. The maximum atomic E-state index is 12.5. The molecule has 1 aliphatic rings. The van der Waals surface area contributed by atoms with Gasteiger partial charge in [-0.25, -0.2) is 4.98 Å². The molecule has 1 atom stereocenters. The molecule has 0 N–H and O–H groups in total. The lowest BCUT2D eigenvalue weighted by atomic mass is 10.1. The van der Waals surface area contributed by atoms with Gasteiger partial charge in [-0.15, -0.1) is 0 Å². The van der Waals surface area contributed by atoms with Crippen LogP contribution in [0.3, 0.4) is 0 Å². The van der Waals surface area contributed by atoms with Crippen LogP contribution in [-0.4, -0.2) is 38.2 Å². The first kappa shape index (κ1) is 14.0. The molecular formula is C14H24N4O. The fourth-order valence-electron chi connectivity index (χ4n) is 2.22. The van der Waals surface area contributed by atoms with Crippen LogP contribution < -0.4 is 0 Å². The molecule has 1 aliphatic carbocycles. The highest BCUT2D eigenvalue weighted by Crippen LogP contribution is 2.29. The number of carbonyl (C=O) groups is 1. The van der Waals surface area contributed by atoms with Gasteiger partial charge in [-0.3, -0.25) is 9.48 Å². The summed E-state index contributed by atoms with van der Waals surface area (Å²) in [6, 6.07) is 0.490. The Hall–Kier alpha value is -1.39. The standard InChI is InChI=1S/C14H24N4O/c1-11(2)6-7-18(13-4-5-13)14(19)12(3)8-17-10-15-9-16-17/h9-13H,4-8H2,1-3H3/t12-/m0/s1. The van der Waals surface area contributed by atoms with Crippen molar-refractivity contribution < 1.29 is 4.79 Å². The Morgan fingerprint density at radius 3 is 2.68 bits per heavy atom. The van der Waals surface area contributed by atoms with Crippen LogP contribution in [0.25, 0.3) is 0 Å². The molecule has 0 unspecified atom stereocenters. The molecule has 2 rings (SSSR count). The lowest BCUT2D eigenvalue weighted by Gasteiger charge is -2.26. The smallest absolute Gasteiger partial charge is 0.227 e. The van der Waals surface area contributed by atoms with Gasteiger partial charge >= 0.3 is 0 Å².